The van der Waals surface area contributed by atoms with Gasteiger partial charge in [-0.05, 0) is 23.8 Å². The zero-order valence-electron chi connectivity index (χ0n) is 8.61. The van der Waals surface area contributed by atoms with Crippen LogP contribution in [0.2, 0.25) is 0 Å². The van der Waals surface area contributed by atoms with E-state index >= 15 is 0 Å². The molecule has 0 aliphatic carbocycles. The normalized spacial score (nSPS) is 10.7. The van der Waals surface area contributed by atoms with Gasteiger partial charge < -0.3 is 0 Å². The molecule has 1 aromatic heterocycles. The Morgan fingerprint density at radius 3 is 2.62 bits per heavy atom. The van der Waals surface area contributed by atoms with Crippen molar-refractivity contribution in [2.75, 3.05) is 0 Å². The first-order chi connectivity index (χ1) is 7.75. The SMILES string of the molecule is FC(F)c1cccc(Cc2ccccn2)c1. The Bertz CT molecular complexity index is 454. The van der Waals surface area contributed by atoms with Gasteiger partial charge in [0.1, 0.15) is 0 Å². The second kappa shape index (κ2) is 4.84. The molecule has 0 unspecified atom stereocenters. The van der Waals surface area contributed by atoms with Crippen LogP contribution in [0.5, 0.6) is 0 Å². The van der Waals surface area contributed by atoms with Crippen molar-refractivity contribution in [1.82, 2.24) is 4.98 Å². The van der Waals surface area contributed by atoms with E-state index in [9.17, 15) is 8.78 Å². The highest BCUT2D eigenvalue weighted by Gasteiger charge is 2.07. The van der Waals surface area contributed by atoms with E-state index in [1.807, 2.05) is 24.3 Å². The number of alkyl halides is 2. The lowest BCUT2D eigenvalue weighted by molar-refractivity contribution is 0.151. The van der Waals surface area contributed by atoms with Crippen LogP contribution < -0.4 is 0 Å². The maximum Gasteiger partial charge on any atom is 0.263 e. The van der Waals surface area contributed by atoms with E-state index in [-0.39, 0.29) is 5.56 Å². The summed E-state index contributed by atoms with van der Waals surface area (Å²) in [7, 11) is 0. The minimum atomic E-state index is -2.41. The van der Waals surface area contributed by atoms with Gasteiger partial charge >= 0.3 is 0 Å². The minimum Gasteiger partial charge on any atom is -0.261 e. The van der Waals surface area contributed by atoms with Crippen LogP contribution in [0.15, 0.2) is 48.7 Å². The summed E-state index contributed by atoms with van der Waals surface area (Å²) in [5.74, 6) is 0. The monoisotopic (exact) mass is 219 g/mol. The van der Waals surface area contributed by atoms with Crippen molar-refractivity contribution in [3.8, 4) is 0 Å². The zero-order valence-corrected chi connectivity index (χ0v) is 8.61. The molecule has 0 amide bonds. The van der Waals surface area contributed by atoms with Gasteiger partial charge in [0.25, 0.3) is 6.43 Å². The third-order valence-corrected chi connectivity index (χ3v) is 2.31. The molecule has 0 bridgehead atoms. The molecule has 0 aliphatic rings. The number of benzene rings is 1. The van der Waals surface area contributed by atoms with Gasteiger partial charge in [-0.2, -0.15) is 0 Å². The molecule has 0 N–H and O–H groups in total. The highest BCUT2D eigenvalue weighted by Crippen LogP contribution is 2.20. The van der Waals surface area contributed by atoms with Gasteiger partial charge in [-0.25, -0.2) is 8.78 Å². The van der Waals surface area contributed by atoms with E-state index < -0.39 is 6.43 Å². The molecular weight excluding hydrogens is 208 g/mol. The predicted molar refractivity (Wildman–Crippen MR) is 58.4 cm³/mol. The summed E-state index contributed by atoms with van der Waals surface area (Å²) in [5.41, 5.74) is 1.80. The number of hydrogen-bond donors (Lipinski definition) is 0. The highest BCUT2D eigenvalue weighted by atomic mass is 19.3. The second-order valence-electron chi connectivity index (χ2n) is 3.54. The van der Waals surface area contributed by atoms with E-state index in [0.29, 0.717) is 6.42 Å². The second-order valence-corrected chi connectivity index (χ2v) is 3.54. The molecule has 1 aromatic carbocycles. The van der Waals surface area contributed by atoms with Crippen molar-refractivity contribution < 1.29 is 8.78 Å². The average molecular weight is 219 g/mol. The molecule has 0 aliphatic heterocycles. The van der Waals surface area contributed by atoms with Gasteiger partial charge in [0.05, 0.1) is 0 Å². The molecule has 3 heteroatoms. The molecule has 1 nitrogen and oxygen atoms in total. The van der Waals surface area contributed by atoms with Crippen molar-refractivity contribution >= 4 is 0 Å². The Morgan fingerprint density at radius 2 is 1.94 bits per heavy atom. The fraction of sp³-hybridized carbons (Fsp3) is 0.154. The van der Waals surface area contributed by atoms with Crippen LogP contribution >= 0.6 is 0 Å². The molecule has 0 spiro atoms. The Balaban J connectivity index is 2.19. The van der Waals surface area contributed by atoms with Gasteiger partial charge in [0.15, 0.2) is 0 Å². The number of pyridine rings is 1. The van der Waals surface area contributed by atoms with Gasteiger partial charge in [0, 0.05) is 23.9 Å². The molecule has 0 saturated heterocycles. The molecule has 2 rings (SSSR count). The summed E-state index contributed by atoms with van der Waals surface area (Å²) in [6, 6.07) is 12.1. The van der Waals surface area contributed by atoms with E-state index in [2.05, 4.69) is 4.98 Å². The van der Waals surface area contributed by atoms with Crippen molar-refractivity contribution in [3.05, 3.63) is 65.5 Å². The summed E-state index contributed by atoms with van der Waals surface area (Å²) in [4.78, 5) is 4.16. The van der Waals surface area contributed by atoms with Gasteiger partial charge in [-0.3, -0.25) is 4.98 Å². The van der Waals surface area contributed by atoms with Crippen LogP contribution in [-0.4, -0.2) is 4.98 Å². The van der Waals surface area contributed by atoms with Crippen LogP contribution in [0.3, 0.4) is 0 Å². The number of aromatic nitrogens is 1. The van der Waals surface area contributed by atoms with Crippen LogP contribution in [0.25, 0.3) is 0 Å². The average Bonchev–Trinajstić information content (AvgIpc) is 2.30. The predicted octanol–water partition coefficient (Wildman–Crippen LogP) is 3.61. The minimum absolute atomic E-state index is 0.0634. The molecule has 0 saturated carbocycles. The standard InChI is InChI=1S/C13H11F2N/c14-13(15)11-5-3-4-10(8-11)9-12-6-1-2-7-16-12/h1-8,13H,9H2. The van der Waals surface area contributed by atoms with Crippen LogP contribution in [-0.2, 0) is 6.42 Å². The van der Waals surface area contributed by atoms with Crippen molar-refractivity contribution in [2.24, 2.45) is 0 Å². The fourth-order valence-electron chi connectivity index (χ4n) is 1.55. The maximum atomic E-state index is 12.5. The first kappa shape index (κ1) is 10.7. The van der Waals surface area contributed by atoms with E-state index in [0.717, 1.165) is 11.3 Å². The molecule has 0 atom stereocenters. The van der Waals surface area contributed by atoms with Crippen molar-refractivity contribution in [1.29, 1.82) is 0 Å². The third-order valence-electron chi connectivity index (χ3n) is 2.31. The lowest BCUT2D eigenvalue weighted by Crippen LogP contribution is -1.93. The van der Waals surface area contributed by atoms with Gasteiger partial charge in [-0.1, -0.05) is 24.3 Å². The van der Waals surface area contributed by atoms with Crippen molar-refractivity contribution in [2.45, 2.75) is 12.8 Å². The lowest BCUT2D eigenvalue weighted by Gasteiger charge is -2.04. The maximum absolute atomic E-state index is 12.5. The molecular formula is C13H11F2N. The lowest BCUT2D eigenvalue weighted by atomic mass is 10.1. The third kappa shape index (κ3) is 2.63. The van der Waals surface area contributed by atoms with E-state index in [1.165, 1.54) is 12.1 Å². The van der Waals surface area contributed by atoms with Crippen LogP contribution in [0.1, 0.15) is 23.2 Å². The first-order valence-corrected chi connectivity index (χ1v) is 5.02. The Morgan fingerprint density at radius 1 is 1.06 bits per heavy atom. The summed E-state index contributed by atoms with van der Waals surface area (Å²) < 4.78 is 24.9. The van der Waals surface area contributed by atoms with Crippen LogP contribution in [0, 0.1) is 0 Å². The first-order valence-electron chi connectivity index (χ1n) is 5.02. The van der Waals surface area contributed by atoms with Gasteiger partial charge in [0.2, 0.25) is 0 Å². The molecule has 82 valence electrons. The number of halogens is 2. The quantitative estimate of drug-likeness (QED) is 0.768. The topological polar surface area (TPSA) is 12.9 Å². The number of rotatable bonds is 3. The highest BCUT2D eigenvalue weighted by molar-refractivity contribution is 5.27. The largest absolute Gasteiger partial charge is 0.263 e. The summed E-state index contributed by atoms with van der Waals surface area (Å²) in [6.07, 6.45) is -0.128. The zero-order chi connectivity index (χ0) is 11.4. The van der Waals surface area contributed by atoms with E-state index in [4.69, 9.17) is 0 Å². The molecule has 1 heterocycles. The Labute approximate surface area is 92.8 Å². The summed E-state index contributed by atoms with van der Waals surface area (Å²) >= 11 is 0. The molecule has 0 radical (unpaired) electrons. The fourth-order valence-corrected chi connectivity index (χ4v) is 1.55. The molecule has 16 heavy (non-hydrogen) atoms. The van der Waals surface area contributed by atoms with Crippen molar-refractivity contribution in [3.63, 3.8) is 0 Å². The summed E-state index contributed by atoms with van der Waals surface area (Å²) in [6.45, 7) is 0. The summed E-state index contributed by atoms with van der Waals surface area (Å²) in [5, 5.41) is 0. The Hall–Kier alpha value is -1.77. The smallest absolute Gasteiger partial charge is 0.261 e. The molecule has 2 aromatic rings. The number of nitrogens with zero attached hydrogens (tertiary/aromatic N) is 1. The van der Waals surface area contributed by atoms with Gasteiger partial charge in [-0.15, -0.1) is 0 Å². The Kier molecular flexibility index (Phi) is 3.25. The van der Waals surface area contributed by atoms with Crippen LogP contribution in [0.4, 0.5) is 8.78 Å². The number of hydrogen-bond acceptors (Lipinski definition) is 1. The van der Waals surface area contributed by atoms with E-state index in [1.54, 1.807) is 12.3 Å². The molecule has 0 fully saturated rings.